The van der Waals surface area contributed by atoms with Gasteiger partial charge in [0.2, 0.25) is 0 Å². The third-order valence-electron chi connectivity index (χ3n) is 3.53. The SMILES string of the molecule is NC1CCCCCC1OC(=O)N1CCOCC1. The van der Waals surface area contributed by atoms with Gasteiger partial charge in [0.05, 0.1) is 13.2 Å². The molecule has 2 atom stereocenters. The molecule has 1 heterocycles. The summed E-state index contributed by atoms with van der Waals surface area (Å²) in [5.74, 6) is 0. The molecule has 98 valence electrons. The fourth-order valence-electron chi connectivity index (χ4n) is 2.40. The van der Waals surface area contributed by atoms with E-state index < -0.39 is 0 Å². The number of carbonyl (C=O) groups is 1. The zero-order chi connectivity index (χ0) is 12.1. The van der Waals surface area contributed by atoms with Crippen LogP contribution in [0.4, 0.5) is 4.79 Å². The van der Waals surface area contributed by atoms with Crippen LogP contribution in [0.25, 0.3) is 0 Å². The van der Waals surface area contributed by atoms with Crippen molar-refractivity contribution in [3.63, 3.8) is 0 Å². The number of nitrogens with two attached hydrogens (primary N) is 1. The van der Waals surface area contributed by atoms with Gasteiger partial charge in [-0.2, -0.15) is 0 Å². The maximum Gasteiger partial charge on any atom is 0.410 e. The number of carbonyl (C=O) groups excluding carboxylic acids is 1. The van der Waals surface area contributed by atoms with E-state index in [1.807, 2.05) is 0 Å². The normalized spacial score (nSPS) is 30.8. The third-order valence-corrected chi connectivity index (χ3v) is 3.53. The summed E-state index contributed by atoms with van der Waals surface area (Å²) in [5, 5.41) is 0. The van der Waals surface area contributed by atoms with Crippen molar-refractivity contribution in [2.24, 2.45) is 5.73 Å². The lowest BCUT2D eigenvalue weighted by Gasteiger charge is -2.29. The Labute approximate surface area is 102 Å². The number of hydrogen-bond donors (Lipinski definition) is 1. The van der Waals surface area contributed by atoms with E-state index in [0.29, 0.717) is 26.3 Å². The van der Waals surface area contributed by atoms with Crippen molar-refractivity contribution in [2.45, 2.75) is 44.2 Å². The van der Waals surface area contributed by atoms with Gasteiger partial charge in [-0.3, -0.25) is 0 Å². The fraction of sp³-hybridized carbons (Fsp3) is 0.917. The van der Waals surface area contributed by atoms with Crippen molar-refractivity contribution in [3.05, 3.63) is 0 Å². The topological polar surface area (TPSA) is 64.8 Å². The average molecular weight is 242 g/mol. The molecule has 0 radical (unpaired) electrons. The Bertz CT molecular complexity index is 254. The lowest BCUT2D eigenvalue weighted by molar-refractivity contribution is 0.00642. The van der Waals surface area contributed by atoms with E-state index in [2.05, 4.69) is 0 Å². The van der Waals surface area contributed by atoms with E-state index >= 15 is 0 Å². The van der Waals surface area contributed by atoms with E-state index in [0.717, 1.165) is 25.7 Å². The largest absolute Gasteiger partial charge is 0.444 e. The first-order valence-electron chi connectivity index (χ1n) is 6.56. The maximum absolute atomic E-state index is 11.9. The second-order valence-corrected chi connectivity index (χ2v) is 4.82. The van der Waals surface area contributed by atoms with Gasteiger partial charge in [0, 0.05) is 19.1 Å². The van der Waals surface area contributed by atoms with E-state index in [1.54, 1.807) is 4.90 Å². The van der Waals surface area contributed by atoms with Crippen LogP contribution in [0.15, 0.2) is 0 Å². The van der Waals surface area contributed by atoms with E-state index in [9.17, 15) is 4.79 Å². The van der Waals surface area contributed by atoms with Crippen molar-refractivity contribution < 1.29 is 14.3 Å². The Hall–Kier alpha value is -0.810. The number of ether oxygens (including phenoxy) is 2. The Morgan fingerprint density at radius 2 is 1.88 bits per heavy atom. The summed E-state index contributed by atoms with van der Waals surface area (Å²) < 4.78 is 10.7. The van der Waals surface area contributed by atoms with Gasteiger partial charge in [-0.15, -0.1) is 0 Å². The molecule has 1 saturated carbocycles. The highest BCUT2D eigenvalue weighted by Gasteiger charge is 2.27. The first-order chi connectivity index (χ1) is 8.27. The summed E-state index contributed by atoms with van der Waals surface area (Å²) in [6, 6.07) is 0.00231. The fourth-order valence-corrected chi connectivity index (χ4v) is 2.40. The molecule has 2 rings (SSSR count). The first-order valence-corrected chi connectivity index (χ1v) is 6.56. The molecule has 1 amide bonds. The lowest BCUT2D eigenvalue weighted by atomic mass is 10.1. The van der Waals surface area contributed by atoms with Crippen LogP contribution in [0.2, 0.25) is 0 Å². The minimum Gasteiger partial charge on any atom is -0.444 e. The second kappa shape index (κ2) is 6.21. The van der Waals surface area contributed by atoms with Crippen molar-refractivity contribution in [3.8, 4) is 0 Å². The zero-order valence-electron chi connectivity index (χ0n) is 10.3. The number of morpholine rings is 1. The standard InChI is InChI=1S/C12H22N2O3/c13-10-4-2-1-3-5-11(10)17-12(15)14-6-8-16-9-7-14/h10-11H,1-9,13H2. The van der Waals surface area contributed by atoms with Gasteiger partial charge < -0.3 is 20.1 Å². The van der Waals surface area contributed by atoms with Crippen LogP contribution in [0.1, 0.15) is 32.1 Å². The van der Waals surface area contributed by atoms with Gasteiger partial charge in [-0.1, -0.05) is 12.8 Å². The van der Waals surface area contributed by atoms with E-state index in [1.165, 1.54) is 6.42 Å². The Kier molecular flexibility index (Phi) is 4.62. The summed E-state index contributed by atoms with van der Waals surface area (Å²) in [7, 11) is 0. The molecule has 1 aliphatic heterocycles. The van der Waals surface area contributed by atoms with Gasteiger partial charge in [0.25, 0.3) is 0 Å². The third kappa shape index (κ3) is 3.57. The Morgan fingerprint density at radius 3 is 2.65 bits per heavy atom. The van der Waals surface area contributed by atoms with Crippen LogP contribution in [-0.4, -0.2) is 49.4 Å². The number of nitrogens with zero attached hydrogens (tertiary/aromatic N) is 1. The highest BCUT2D eigenvalue weighted by Crippen LogP contribution is 2.20. The van der Waals surface area contributed by atoms with E-state index in [4.69, 9.17) is 15.2 Å². The summed E-state index contributed by atoms with van der Waals surface area (Å²) >= 11 is 0. The van der Waals surface area contributed by atoms with Crippen LogP contribution >= 0.6 is 0 Å². The molecule has 5 nitrogen and oxygen atoms in total. The molecule has 0 spiro atoms. The van der Waals surface area contributed by atoms with Crippen LogP contribution in [0, 0.1) is 0 Å². The quantitative estimate of drug-likeness (QED) is 0.700. The highest BCUT2D eigenvalue weighted by atomic mass is 16.6. The second-order valence-electron chi connectivity index (χ2n) is 4.82. The predicted octanol–water partition coefficient (Wildman–Crippen LogP) is 1.12. The van der Waals surface area contributed by atoms with Crippen LogP contribution in [0.5, 0.6) is 0 Å². The molecule has 0 aromatic heterocycles. The highest BCUT2D eigenvalue weighted by molar-refractivity contribution is 5.68. The Morgan fingerprint density at radius 1 is 1.18 bits per heavy atom. The molecular weight excluding hydrogens is 220 g/mol. The van der Waals surface area contributed by atoms with Gasteiger partial charge >= 0.3 is 6.09 Å². The first kappa shape index (κ1) is 12.6. The van der Waals surface area contributed by atoms with Gasteiger partial charge in [0.1, 0.15) is 6.10 Å². The van der Waals surface area contributed by atoms with Crippen molar-refractivity contribution in [2.75, 3.05) is 26.3 Å². The summed E-state index contributed by atoms with van der Waals surface area (Å²) in [6.45, 7) is 2.46. The monoisotopic (exact) mass is 242 g/mol. The van der Waals surface area contributed by atoms with Crippen LogP contribution in [-0.2, 0) is 9.47 Å². The van der Waals surface area contributed by atoms with Crippen molar-refractivity contribution >= 4 is 6.09 Å². The molecule has 2 N–H and O–H groups in total. The smallest absolute Gasteiger partial charge is 0.410 e. The average Bonchev–Trinajstić information content (AvgIpc) is 2.56. The Balaban J connectivity index is 1.83. The summed E-state index contributed by atoms with van der Waals surface area (Å²) in [4.78, 5) is 13.6. The lowest BCUT2D eigenvalue weighted by Crippen LogP contribution is -2.45. The predicted molar refractivity (Wildman–Crippen MR) is 63.7 cm³/mol. The molecule has 2 fully saturated rings. The molecule has 17 heavy (non-hydrogen) atoms. The molecule has 0 aromatic rings. The molecule has 0 bridgehead atoms. The minimum atomic E-state index is -0.226. The number of amides is 1. The minimum absolute atomic E-state index is 0.00231. The van der Waals surface area contributed by atoms with Gasteiger partial charge in [-0.05, 0) is 19.3 Å². The van der Waals surface area contributed by atoms with Crippen LogP contribution in [0.3, 0.4) is 0 Å². The number of hydrogen-bond acceptors (Lipinski definition) is 4. The molecular formula is C12H22N2O3. The summed E-state index contributed by atoms with van der Waals surface area (Å²) in [6.07, 6.45) is 4.97. The maximum atomic E-state index is 11.9. The van der Waals surface area contributed by atoms with Crippen molar-refractivity contribution in [1.82, 2.24) is 4.90 Å². The molecule has 1 aliphatic carbocycles. The van der Waals surface area contributed by atoms with Gasteiger partial charge in [-0.25, -0.2) is 4.79 Å². The van der Waals surface area contributed by atoms with Crippen molar-refractivity contribution in [1.29, 1.82) is 0 Å². The zero-order valence-corrected chi connectivity index (χ0v) is 10.3. The molecule has 2 unspecified atom stereocenters. The van der Waals surface area contributed by atoms with Gasteiger partial charge in [0.15, 0.2) is 0 Å². The van der Waals surface area contributed by atoms with Crippen LogP contribution < -0.4 is 5.73 Å². The van der Waals surface area contributed by atoms with E-state index in [-0.39, 0.29) is 18.2 Å². The number of rotatable bonds is 1. The molecule has 0 aromatic carbocycles. The summed E-state index contributed by atoms with van der Waals surface area (Å²) in [5.41, 5.74) is 6.04. The molecule has 1 saturated heterocycles. The molecule has 5 heteroatoms. The molecule has 2 aliphatic rings.